The topological polar surface area (TPSA) is 95.9 Å². The van der Waals surface area contributed by atoms with Crippen LogP contribution in [-0.2, 0) is 11.4 Å². The highest BCUT2D eigenvalue weighted by Gasteiger charge is 2.47. The number of amides is 1. The molecule has 39 heavy (non-hydrogen) atoms. The van der Waals surface area contributed by atoms with Crippen LogP contribution in [0.4, 0.5) is 14.7 Å². The van der Waals surface area contributed by atoms with Crippen LogP contribution < -0.4 is 9.64 Å². The van der Waals surface area contributed by atoms with Crippen LogP contribution in [-0.4, -0.2) is 57.5 Å². The number of carboxylic acids is 1. The van der Waals surface area contributed by atoms with Gasteiger partial charge in [0.05, 0.1) is 5.69 Å². The van der Waals surface area contributed by atoms with Crippen LogP contribution in [0, 0.1) is 23.5 Å². The standard InChI is InChI=1S/C29H30F2N4O4/c1-17(2)27(36)35-15-23(18-3-5-19(30)6-4-18)24-14-34(12-11-26(24)35)29-32-13-22(28(37)38)25(33-29)16-39-21-9-7-20(31)8-10-21/h3-10,13,17,23-24,26H,11-12,14-16H2,1-2H3,(H,37,38)/t23-,24-,26+/m1/s1. The van der Waals surface area contributed by atoms with Crippen LogP contribution in [0.1, 0.15) is 47.8 Å². The number of ether oxygens (including phenoxy) is 1. The summed E-state index contributed by atoms with van der Waals surface area (Å²) in [5, 5.41) is 9.67. The summed E-state index contributed by atoms with van der Waals surface area (Å²) < 4.78 is 32.6. The predicted molar refractivity (Wildman–Crippen MR) is 140 cm³/mol. The molecule has 2 saturated heterocycles. The molecule has 3 atom stereocenters. The monoisotopic (exact) mass is 536 g/mol. The lowest BCUT2D eigenvalue weighted by molar-refractivity contribution is -0.135. The van der Waals surface area contributed by atoms with E-state index in [1.54, 1.807) is 12.1 Å². The van der Waals surface area contributed by atoms with Crippen LogP contribution in [0.25, 0.3) is 0 Å². The number of nitrogens with zero attached hydrogens (tertiary/aromatic N) is 4. The number of carboxylic acid groups (broad SMARTS) is 1. The van der Waals surface area contributed by atoms with Crippen molar-refractivity contribution in [3.63, 3.8) is 0 Å². The molecule has 2 aromatic carbocycles. The van der Waals surface area contributed by atoms with E-state index >= 15 is 0 Å². The third-order valence-corrected chi connectivity index (χ3v) is 7.56. The molecule has 0 unspecified atom stereocenters. The first-order valence-electron chi connectivity index (χ1n) is 13.0. The maximum atomic E-state index is 13.7. The Labute approximate surface area is 225 Å². The van der Waals surface area contributed by atoms with Gasteiger partial charge in [-0.3, -0.25) is 4.79 Å². The van der Waals surface area contributed by atoms with E-state index in [9.17, 15) is 23.5 Å². The number of fused-ring (bicyclic) bond motifs is 1. The zero-order valence-corrected chi connectivity index (χ0v) is 21.8. The second-order valence-electron chi connectivity index (χ2n) is 10.3. The Bertz CT molecular complexity index is 1350. The maximum absolute atomic E-state index is 13.7. The molecule has 0 radical (unpaired) electrons. The number of hydrogen-bond donors (Lipinski definition) is 1. The number of carbonyl (C=O) groups is 2. The summed E-state index contributed by atoms with van der Waals surface area (Å²) in [5.41, 5.74) is 1.11. The van der Waals surface area contributed by atoms with Gasteiger partial charge in [0.2, 0.25) is 11.9 Å². The third-order valence-electron chi connectivity index (χ3n) is 7.56. The number of halogens is 2. The molecule has 3 aromatic rings. The number of anilines is 1. The van der Waals surface area contributed by atoms with Gasteiger partial charge in [-0.15, -0.1) is 0 Å². The van der Waals surface area contributed by atoms with Gasteiger partial charge in [0, 0.05) is 49.6 Å². The van der Waals surface area contributed by atoms with E-state index in [0.717, 1.165) is 5.56 Å². The Morgan fingerprint density at radius 2 is 1.72 bits per heavy atom. The molecular weight excluding hydrogens is 506 g/mol. The van der Waals surface area contributed by atoms with E-state index in [0.29, 0.717) is 37.8 Å². The first kappa shape index (κ1) is 26.5. The van der Waals surface area contributed by atoms with Gasteiger partial charge in [-0.25, -0.2) is 23.5 Å². The lowest BCUT2D eigenvalue weighted by Crippen LogP contribution is -2.49. The molecule has 0 saturated carbocycles. The summed E-state index contributed by atoms with van der Waals surface area (Å²) >= 11 is 0. The summed E-state index contributed by atoms with van der Waals surface area (Å²) in [6.45, 7) is 5.36. The Balaban J connectivity index is 1.40. The highest BCUT2D eigenvalue weighted by molar-refractivity contribution is 5.88. The molecule has 3 heterocycles. The molecule has 8 nitrogen and oxygen atoms in total. The lowest BCUT2D eigenvalue weighted by Gasteiger charge is -2.39. The minimum atomic E-state index is -1.17. The highest BCUT2D eigenvalue weighted by atomic mass is 19.1. The first-order valence-corrected chi connectivity index (χ1v) is 13.0. The van der Waals surface area contributed by atoms with Crippen molar-refractivity contribution in [1.29, 1.82) is 0 Å². The van der Waals surface area contributed by atoms with Crippen molar-refractivity contribution in [2.24, 2.45) is 11.8 Å². The number of aromatic nitrogens is 2. The van der Waals surface area contributed by atoms with Gasteiger partial charge in [0.1, 0.15) is 29.6 Å². The first-order chi connectivity index (χ1) is 18.7. The van der Waals surface area contributed by atoms with Gasteiger partial charge in [0.25, 0.3) is 0 Å². The smallest absolute Gasteiger partial charge is 0.339 e. The molecule has 0 spiro atoms. The van der Waals surface area contributed by atoms with Crippen LogP contribution in [0.3, 0.4) is 0 Å². The van der Waals surface area contributed by atoms with Gasteiger partial charge in [-0.05, 0) is 48.4 Å². The minimum absolute atomic E-state index is 0.0145. The second-order valence-corrected chi connectivity index (χ2v) is 10.3. The molecular formula is C29H30F2N4O4. The van der Waals surface area contributed by atoms with E-state index in [1.165, 1.54) is 42.6 Å². The number of carbonyl (C=O) groups excluding carboxylic acids is 1. The summed E-state index contributed by atoms with van der Waals surface area (Å²) in [6, 6.07) is 11.9. The third kappa shape index (κ3) is 5.55. The molecule has 1 N–H and O–H groups in total. The second kappa shape index (κ2) is 11.0. The Kier molecular flexibility index (Phi) is 7.45. The molecule has 0 bridgehead atoms. The molecule has 10 heteroatoms. The van der Waals surface area contributed by atoms with Crippen molar-refractivity contribution in [2.75, 3.05) is 24.5 Å². The SMILES string of the molecule is CC(C)C(=O)N1C[C@H](c2ccc(F)cc2)[C@H]2CN(c3ncc(C(=O)O)c(COc4ccc(F)cc4)n3)CC[C@@H]21. The fourth-order valence-corrected chi connectivity index (χ4v) is 5.59. The van der Waals surface area contributed by atoms with E-state index < -0.39 is 11.8 Å². The number of benzene rings is 2. The average Bonchev–Trinajstić information content (AvgIpc) is 3.31. The molecule has 1 amide bonds. The van der Waals surface area contributed by atoms with Crippen LogP contribution in [0.15, 0.2) is 54.7 Å². The van der Waals surface area contributed by atoms with Crippen LogP contribution in [0.2, 0.25) is 0 Å². The van der Waals surface area contributed by atoms with Crippen molar-refractivity contribution in [3.8, 4) is 5.75 Å². The van der Waals surface area contributed by atoms with Gasteiger partial charge >= 0.3 is 5.97 Å². The number of rotatable bonds is 7. The summed E-state index contributed by atoms with van der Waals surface area (Å²) in [5.74, 6) is -1.07. The largest absolute Gasteiger partial charge is 0.487 e. The zero-order valence-electron chi connectivity index (χ0n) is 21.8. The van der Waals surface area contributed by atoms with Gasteiger partial charge in [-0.2, -0.15) is 0 Å². The Morgan fingerprint density at radius 1 is 1.05 bits per heavy atom. The molecule has 5 rings (SSSR count). The number of piperidine rings is 1. The summed E-state index contributed by atoms with van der Waals surface area (Å²) in [4.78, 5) is 37.8. The van der Waals surface area contributed by atoms with Gasteiger partial charge < -0.3 is 19.6 Å². The Morgan fingerprint density at radius 3 is 2.36 bits per heavy atom. The normalized spacial score (nSPS) is 20.7. The van der Waals surface area contributed by atoms with E-state index in [4.69, 9.17) is 4.74 Å². The fourth-order valence-electron chi connectivity index (χ4n) is 5.59. The van der Waals surface area contributed by atoms with Gasteiger partial charge in [-0.1, -0.05) is 26.0 Å². The van der Waals surface area contributed by atoms with Crippen molar-refractivity contribution in [2.45, 2.75) is 38.8 Å². The molecule has 2 aliphatic heterocycles. The van der Waals surface area contributed by atoms with E-state index in [1.807, 2.05) is 23.6 Å². The van der Waals surface area contributed by atoms with Crippen molar-refractivity contribution in [3.05, 3.63) is 83.2 Å². The highest BCUT2D eigenvalue weighted by Crippen LogP contribution is 2.42. The lowest BCUT2D eigenvalue weighted by atomic mass is 9.82. The molecule has 1 aromatic heterocycles. The summed E-state index contributed by atoms with van der Waals surface area (Å²) in [6.07, 6.45) is 1.98. The number of aromatic carboxylic acids is 1. The average molecular weight is 537 g/mol. The number of hydrogen-bond acceptors (Lipinski definition) is 6. The van der Waals surface area contributed by atoms with E-state index in [2.05, 4.69) is 9.97 Å². The Hall–Kier alpha value is -4.08. The predicted octanol–water partition coefficient (Wildman–Crippen LogP) is 4.51. The zero-order chi connectivity index (χ0) is 27.7. The fraction of sp³-hybridized carbons (Fsp3) is 0.379. The number of likely N-dealkylation sites (tertiary alicyclic amines) is 1. The van der Waals surface area contributed by atoms with Crippen molar-refractivity contribution < 1.29 is 28.2 Å². The van der Waals surface area contributed by atoms with Crippen LogP contribution >= 0.6 is 0 Å². The van der Waals surface area contributed by atoms with Crippen LogP contribution in [0.5, 0.6) is 5.75 Å². The van der Waals surface area contributed by atoms with E-state index in [-0.39, 0.29) is 53.4 Å². The summed E-state index contributed by atoms with van der Waals surface area (Å²) in [7, 11) is 0. The quantitative estimate of drug-likeness (QED) is 0.475. The van der Waals surface area contributed by atoms with Gasteiger partial charge in [0.15, 0.2) is 0 Å². The molecule has 2 aliphatic rings. The van der Waals surface area contributed by atoms with Crippen molar-refractivity contribution >= 4 is 17.8 Å². The maximum Gasteiger partial charge on any atom is 0.339 e. The van der Waals surface area contributed by atoms with Crippen molar-refractivity contribution in [1.82, 2.24) is 14.9 Å². The molecule has 0 aliphatic carbocycles. The molecule has 204 valence electrons. The molecule has 2 fully saturated rings. The minimum Gasteiger partial charge on any atom is -0.487 e.